The molecule has 1 atom stereocenters. The van der Waals surface area contributed by atoms with Crippen LogP contribution in [0, 0.1) is 6.92 Å². The summed E-state index contributed by atoms with van der Waals surface area (Å²) in [5.41, 5.74) is 6.98. The molecular weight excluding hydrogens is 416 g/mol. The Morgan fingerprint density at radius 2 is 2.06 bits per heavy atom. The van der Waals surface area contributed by atoms with Gasteiger partial charge >= 0.3 is 6.01 Å². The fraction of sp³-hybridized carbons (Fsp3) is 0.292. The number of pyridine rings is 2. The number of hydrogen-bond donors (Lipinski definition) is 1. The number of aromatic nitrogens is 7. The van der Waals surface area contributed by atoms with E-state index in [-0.39, 0.29) is 6.04 Å². The summed E-state index contributed by atoms with van der Waals surface area (Å²) in [5, 5.41) is 13.7. The topological polar surface area (TPSA) is 101 Å². The number of aromatic amines is 1. The fourth-order valence-electron chi connectivity index (χ4n) is 4.61. The Morgan fingerprint density at radius 1 is 1.15 bits per heavy atom. The molecule has 5 aromatic rings. The van der Waals surface area contributed by atoms with Gasteiger partial charge in [-0.05, 0) is 42.7 Å². The zero-order valence-electron chi connectivity index (χ0n) is 18.7. The summed E-state index contributed by atoms with van der Waals surface area (Å²) in [6.45, 7) is 7.03. The number of H-pyrrole nitrogens is 1. The maximum Gasteiger partial charge on any atom is 0.319 e. The predicted octanol–water partition coefficient (Wildman–Crippen LogP) is 4.09. The summed E-state index contributed by atoms with van der Waals surface area (Å²) >= 11 is 0. The van der Waals surface area contributed by atoms with Gasteiger partial charge in [-0.2, -0.15) is 5.10 Å². The third kappa shape index (κ3) is 3.19. The summed E-state index contributed by atoms with van der Waals surface area (Å²) in [6, 6.07) is 10.4. The number of aryl methyl sites for hydroxylation is 1. The van der Waals surface area contributed by atoms with Crippen LogP contribution in [0.2, 0.25) is 0 Å². The van der Waals surface area contributed by atoms with Crippen molar-refractivity contribution < 1.29 is 4.42 Å². The van der Waals surface area contributed by atoms with Gasteiger partial charge in [0.2, 0.25) is 0 Å². The highest BCUT2D eigenvalue weighted by Gasteiger charge is 2.36. The van der Waals surface area contributed by atoms with Gasteiger partial charge in [0, 0.05) is 36.7 Å². The minimum atomic E-state index is -0.233. The fourth-order valence-corrected chi connectivity index (χ4v) is 4.61. The van der Waals surface area contributed by atoms with Gasteiger partial charge in [-0.1, -0.05) is 25.0 Å². The minimum Gasteiger partial charge on any atom is -0.403 e. The smallest absolute Gasteiger partial charge is 0.319 e. The lowest BCUT2D eigenvalue weighted by atomic mass is 9.99. The second kappa shape index (κ2) is 7.54. The average molecular weight is 441 g/mol. The first kappa shape index (κ1) is 19.7. The summed E-state index contributed by atoms with van der Waals surface area (Å²) in [4.78, 5) is 14.4. The average Bonchev–Trinajstić information content (AvgIpc) is 3.56. The minimum absolute atomic E-state index is 0.233. The van der Waals surface area contributed by atoms with Crippen LogP contribution < -0.4 is 4.90 Å². The normalized spacial score (nSPS) is 16.0. The number of hydrogen-bond acceptors (Lipinski definition) is 7. The van der Waals surface area contributed by atoms with Gasteiger partial charge in [-0.25, -0.2) is 9.50 Å². The Bertz CT molecular complexity index is 1450. The number of nitrogens with one attached hydrogen (secondary N) is 1. The molecule has 0 saturated carbocycles. The molecule has 9 nitrogen and oxygen atoms in total. The number of fused-ring (bicyclic) bond motifs is 2. The van der Waals surface area contributed by atoms with Crippen molar-refractivity contribution in [2.75, 3.05) is 11.4 Å². The van der Waals surface area contributed by atoms with Crippen molar-refractivity contribution in [1.82, 2.24) is 34.8 Å². The van der Waals surface area contributed by atoms with Crippen molar-refractivity contribution in [1.29, 1.82) is 0 Å². The largest absolute Gasteiger partial charge is 0.403 e. The lowest BCUT2D eigenvalue weighted by Crippen LogP contribution is -2.36. The maximum atomic E-state index is 6.16. The van der Waals surface area contributed by atoms with Gasteiger partial charge in [-0.15, -0.1) is 5.10 Å². The second-order valence-corrected chi connectivity index (χ2v) is 8.66. The molecule has 0 fully saturated rings. The van der Waals surface area contributed by atoms with E-state index in [0.717, 1.165) is 40.3 Å². The van der Waals surface area contributed by atoms with E-state index in [1.165, 1.54) is 5.56 Å². The Labute approximate surface area is 190 Å². The first-order chi connectivity index (χ1) is 16.1. The lowest BCUT2D eigenvalue weighted by molar-refractivity contribution is 0.503. The van der Waals surface area contributed by atoms with Crippen LogP contribution in [-0.4, -0.2) is 41.3 Å². The van der Waals surface area contributed by atoms with Crippen LogP contribution in [-0.2, 0) is 6.42 Å². The van der Waals surface area contributed by atoms with E-state index < -0.39 is 0 Å². The Kier molecular flexibility index (Phi) is 4.49. The van der Waals surface area contributed by atoms with Crippen LogP contribution in [0.25, 0.3) is 17.0 Å². The molecule has 0 aromatic carbocycles. The van der Waals surface area contributed by atoms with E-state index in [1.54, 1.807) is 12.5 Å². The molecule has 6 rings (SSSR count). The van der Waals surface area contributed by atoms with Crippen LogP contribution in [0.15, 0.2) is 53.5 Å². The van der Waals surface area contributed by atoms with Crippen LogP contribution in [0.3, 0.4) is 0 Å². The van der Waals surface area contributed by atoms with Gasteiger partial charge < -0.3 is 14.3 Å². The van der Waals surface area contributed by atoms with Gasteiger partial charge in [-0.3, -0.25) is 4.98 Å². The molecule has 0 amide bonds. The van der Waals surface area contributed by atoms with E-state index in [9.17, 15) is 0 Å². The number of imidazole rings is 1. The van der Waals surface area contributed by atoms with Gasteiger partial charge in [0.1, 0.15) is 6.04 Å². The highest BCUT2D eigenvalue weighted by atomic mass is 16.4. The van der Waals surface area contributed by atoms with Gasteiger partial charge in [0.25, 0.3) is 5.89 Å². The molecule has 33 heavy (non-hydrogen) atoms. The second-order valence-electron chi connectivity index (χ2n) is 8.66. The molecule has 0 spiro atoms. The molecule has 1 unspecified atom stereocenters. The first-order valence-corrected chi connectivity index (χ1v) is 11.1. The first-order valence-electron chi connectivity index (χ1n) is 11.1. The van der Waals surface area contributed by atoms with Crippen LogP contribution in [0.1, 0.15) is 54.1 Å². The standard InChI is InChI=1S/C24H24N8O/c1-14(2)16-7-5-10-32-20(16)12-19(30-32)22-21-18(26-13-27-21)8-11-31(22)24-29-28-23(33-24)17-6-4-9-25-15(17)3/h4-7,9-10,12-14,22H,8,11H2,1-3H3,(H,26,27). The summed E-state index contributed by atoms with van der Waals surface area (Å²) in [5.74, 6) is 0.849. The molecule has 9 heteroatoms. The van der Waals surface area contributed by atoms with E-state index in [4.69, 9.17) is 9.52 Å². The predicted molar refractivity (Wildman–Crippen MR) is 123 cm³/mol. The molecule has 1 aliphatic heterocycles. The maximum absolute atomic E-state index is 6.16. The number of anilines is 1. The molecule has 1 N–H and O–H groups in total. The van der Waals surface area contributed by atoms with Crippen LogP contribution in [0.4, 0.5) is 6.01 Å². The Morgan fingerprint density at radius 3 is 2.91 bits per heavy atom. The number of nitrogens with zero attached hydrogens (tertiary/aromatic N) is 7. The molecular formula is C24H24N8O. The highest BCUT2D eigenvalue weighted by Crippen LogP contribution is 2.37. The van der Waals surface area contributed by atoms with E-state index >= 15 is 0 Å². The lowest BCUT2D eigenvalue weighted by Gasteiger charge is -2.32. The summed E-state index contributed by atoms with van der Waals surface area (Å²) in [6.07, 6.45) is 6.29. The molecule has 0 aliphatic carbocycles. The molecule has 1 aliphatic rings. The molecule has 6 heterocycles. The monoisotopic (exact) mass is 440 g/mol. The van der Waals surface area contributed by atoms with Crippen molar-refractivity contribution in [3.8, 4) is 11.5 Å². The molecule has 0 bridgehead atoms. The molecule has 5 aromatic heterocycles. The van der Waals surface area contributed by atoms with E-state index in [1.807, 2.05) is 35.8 Å². The van der Waals surface area contributed by atoms with Crippen LogP contribution >= 0.6 is 0 Å². The molecule has 0 saturated heterocycles. The summed E-state index contributed by atoms with van der Waals surface area (Å²) in [7, 11) is 0. The molecule has 0 radical (unpaired) electrons. The quantitative estimate of drug-likeness (QED) is 0.449. The van der Waals surface area contributed by atoms with Crippen molar-refractivity contribution in [2.24, 2.45) is 0 Å². The SMILES string of the molecule is Cc1ncccc1-c1nnc(N2CCc3[nH]cnc3C2c2cc3c(C(C)C)cccn3n2)o1. The Balaban J connectivity index is 1.46. The summed E-state index contributed by atoms with van der Waals surface area (Å²) < 4.78 is 8.11. The number of rotatable bonds is 4. The van der Waals surface area contributed by atoms with Gasteiger partial charge in [0.05, 0.1) is 28.8 Å². The van der Waals surface area contributed by atoms with Crippen molar-refractivity contribution in [2.45, 2.75) is 39.2 Å². The van der Waals surface area contributed by atoms with E-state index in [2.05, 4.69) is 56.0 Å². The highest BCUT2D eigenvalue weighted by molar-refractivity contribution is 5.59. The van der Waals surface area contributed by atoms with Crippen molar-refractivity contribution in [3.05, 3.63) is 77.4 Å². The van der Waals surface area contributed by atoms with E-state index in [0.29, 0.717) is 24.4 Å². The Hall–Kier alpha value is -4.01. The molecule has 166 valence electrons. The van der Waals surface area contributed by atoms with Crippen molar-refractivity contribution >= 4 is 11.5 Å². The van der Waals surface area contributed by atoms with Crippen molar-refractivity contribution in [3.63, 3.8) is 0 Å². The van der Waals surface area contributed by atoms with Crippen LogP contribution in [0.5, 0.6) is 0 Å². The third-order valence-corrected chi connectivity index (χ3v) is 6.28. The zero-order valence-corrected chi connectivity index (χ0v) is 18.7. The zero-order chi connectivity index (χ0) is 22.5. The third-order valence-electron chi connectivity index (χ3n) is 6.28. The van der Waals surface area contributed by atoms with Gasteiger partial charge in [0.15, 0.2) is 0 Å².